The monoisotopic (exact) mass is 878 g/mol. The van der Waals surface area contributed by atoms with Crippen LogP contribution >= 0.6 is 11.3 Å². The number of aryl methyl sites for hydroxylation is 1. The Morgan fingerprint density at radius 3 is 2.63 bits per heavy atom. The third-order valence-corrected chi connectivity index (χ3v) is 14.3. The predicted molar refractivity (Wildman–Crippen MR) is 248 cm³/mol. The van der Waals surface area contributed by atoms with Gasteiger partial charge in [-0.3, -0.25) is 29.2 Å². The van der Waals surface area contributed by atoms with E-state index in [4.69, 9.17) is 14.7 Å². The number of amides is 4. The molecule has 7 rings (SSSR count). The number of hydrazine groups is 1. The van der Waals surface area contributed by atoms with Crippen molar-refractivity contribution in [3.63, 3.8) is 0 Å². The third-order valence-electron chi connectivity index (χ3n) is 13.4. The molecule has 6 bridgehead atoms. The number of hydrogen-bond acceptors (Lipinski definition) is 9. The molecule has 6 heterocycles. The summed E-state index contributed by atoms with van der Waals surface area (Å²) >= 11 is 1.48. The molecule has 2 N–H and O–H groups in total. The maximum Gasteiger partial charge on any atom is 0.259 e. The molecule has 0 radical (unpaired) electrons. The molecular formula is C49H66N8O5S. The molecule has 0 aliphatic carbocycles. The second-order valence-electron chi connectivity index (χ2n) is 18.8. The molecule has 2 fully saturated rings. The molecule has 5 atom stereocenters. The van der Waals surface area contributed by atoms with Crippen molar-refractivity contribution in [2.24, 2.45) is 17.3 Å². The second-order valence-corrected chi connectivity index (χ2v) is 19.8. The van der Waals surface area contributed by atoms with Crippen LogP contribution in [0.1, 0.15) is 102 Å². The van der Waals surface area contributed by atoms with E-state index >= 15 is 0 Å². The van der Waals surface area contributed by atoms with Gasteiger partial charge >= 0.3 is 0 Å². The number of nitrogens with one attached hydrogen (secondary N) is 2. The Morgan fingerprint density at radius 1 is 1.13 bits per heavy atom. The van der Waals surface area contributed by atoms with Gasteiger partial charge in [-0.15, -0.1) is 11.3 Å². The van der Waals surface area contributed by atoms with E-state index in [0.29, 0.717) is 19.5 Å². The van der Waals surface area contributed by atoms with E-state index in [-0.39, 0.29) is 54.2 Å². The minimum atomic E-state index is -0.920. The van der Waals surface area contributed by atoms with E-state index in [9.17, 15) is 19.2 Å². The molecule has 1 aromatic carbocycles. The van der Waals surface area contributed by atoms with E-state index in [1.54, 1.807) is 24.1 Å². The number of thiazole rings is 1. The average Bonchev–Trinajstić information content (AvgIpc) is 4.03. The van der Waals surface area contributed by atoms with Gasteiger partial charge < -0.3 is 24.4 Å². The lowest BCUT2D eigenvalue weighted by molar-refractivity contribution is -0.146. The number of likely N-dealkylation sites (N-methyl/N-ethyl adjacent to an activating group) is 1. The first kappa shape index (κ1) is 46.1. The predicted octanol–water partition coefficient (Wildman–Crippen LogP) is 7.35. The smallest absolute Gasteiger partial charge is 0.259 e. The lowest BCUT2D eigenvalue weighted by atomic mass is 9.79. The van der Waals surface area contributed by atoms with Crippen LogP contribution in [0.2, 0.25) is 0 Å². The second kappa shape index (κ2) is 19.4. The van der Waals surface area contributed by atoms with Crippen molar-refractivity contribution < 1.29 is 23.9 Å². The first-order valence-corrected chi connectivity index (χ1v) is 23.7. The topological polar surface area (TPSA) is 142 Å². The zero-order valence-electron chi connectivity index (χ0n) is 38.4. The van der Waals surface area contributed by atoms with Crippen LogP contribution in [-0.2, 0) is 43.3 Å². The number of nitrogens with zero attached hydrogens (tertiary/aromatic N) is 6. The van der Waals surface area contributed by atoms with E-state index in [0.717, 1.165) is 78.1 Å². The number of hydrogen-bond donors (Lipinski definition) is 2. The molecule has 14 heteroatoms. The van der Waals surface area contributed by atoms with Crippen LogP contribution < -0.4 is 10.7 Å². The van der Waals surface area contributed by atoms with Crippen molar-refractivity contribution in [1.29, 1.82) is 0 Å². The molecule has 3 aliphatic rings. The first-order chi connectivity index (χ1) is 30.1. The fourth-order valence-electron chi connectivity index (χ4n) is 10.1. The Kier molecular flexibility index (Phi) is 14.2. The number of carbonyl (C=O) groups excluding carboxylic acids is 4. The SMILES string of the molecule is C=CC(=O)N1CCC(C(=O)N(C)C(C(=O)NC2Cc3nc(cs3)-c3ccc4c(c3)c(c(-c3cccnc3C(C)OC)n4CC)CC(C)(C)CCC[C@@H]3CCCN(N3)C2=O)C(C)C)C1. The zero-order chi connectivity index (χ0) is 45.2. The molecule has 3 aromatic heterocycles. The molecule has 0 spiro atoms. The lowest BCUT2D eigenvalue weighted by Crippen LogP contribution is -2.61. The van der Waals surface area contributed by atoms with Gasteiger partial charge in [-0.2, -0.15) is 0 Å². The van der Waals surface area contributed by atoms with Gasteiger partial charge in [0.2, 0.25) is 17.7 Å². The molecule has 338 valence electrons. The summed E-state index contributed by atoms with van der Waals surface area (Å²) in [6, 6.07) is 9.16. The van der Waals surface area contributed by atoms with Crippen LogP contribution in [0, 0.1) is 17.3 Å². The number of benzene rings is 1. The summed E-state index contributed by atoms with van der Waals surface area (Å²) in [5, 5.41) is 8.78. The van der Waals surface area contributed by atoms with Crippen molar-refractivity contribution in [2.45, 2.75) is 124 Å². The van der Waals surface area contributed by atoms with Crippen molar-refractivity contribution in [3.8, 4) is 22.5 Å². The van der Waals surface area contributed by atoms with Crippen LogP contribution in [-0.4, -0.2) is 105 Å². The quantitative estimate of drug-likeness (QED) is 0.158. The molecule has 3 aliphatic heterocycles. The Bertz CT molecular complexity index is 2330. The first-order valence-electron chi connectivity index (χ1n) is 22.8. The van der Waals surface area contributed by atoms with Crippen LogP contribution in [0.3, 0.4) is 0 Å². The number of aromatic nitrogens is 3. The van der Waals surface area contributed by atoms with Crippen LogP contribution in [0.25, 0.3) is 33.4 Å². The number of methoxy groups -OCH3 is 1. The van der Waals surface area contributed by atoms with Crippen LogP contribution in [0.5, 0.6) is 0 Å². The van der Waals surface area contributed by atoms with Gasteiger partial charge in [-0.05, 0) is 99.6 Å². The Labute approximate surface area is 376 Å². The fourth-order valence-corrected chi connectivity index (χ4v) is 10.9. The third kappa shape index (κ3) is 9.78. The lowest BCUT2D eigenvalue weighted by Gasteiger charge is -2.37. The number of fused-ring (bicyclic) bond motifs is 6. The molecule has 2 saturated heterocycles. The minimum absolute atomic E-state index is 0.0483. The number of pyridine rings is 1. The Balaban J connectivity index is 1.25. The molecule has 0 saturated carbocycles. The van der Waals surface area contributed by atoms with Crippen LogP contribution in [0.15, 0.2) is 54.6 Å². The molecule has 13 nitrogen and oxygen atoms in total. The van der Waals surface area contributed by atoms with Gasteiger partial charge in [-0.25, -0.2) is 10.4 Å². The maximum atomic E-state index is 14.6. The Hall–Kier alpha value is -4.92. The van der Waals surface area contributed by atoms with Gasteiger partial charge in [-0.1, -0.05) is 46.8 Å². The highest BCUT2D eigenvalue weighted by Gasteiger charge is 2.39. The molecular weight excluding hydrogens is 813 g/mol. The van der Waals surface area contributed by atoms with Crippen molar-refractivity contribution >= 4 is 45.9 Å². The summed E-state index contributed by atoms with van der Waals surface area (Å²) in [5.41, 5.74) is 10.9. The number of likely N-dealkylation sites (tertiary alicyclic amines) is 1. The highest BCUT2D eigenvalue weighted by molar-refractivity contribution is 7.10. The molecule has 4 amide bonds. The summed E-state index contributed by atoms with van der Waals surface area (Å²) in [6.45, 7) is 18.4. The van der Waals surface area contributed by atoms with Gasteiger partial charge in [0.05, 0.1) is 34.1 Å². The van der Waals surface area contributed by atoms with Crippen molar-refractivity contribution in [2.75, 3.05) is 33.8 Å². The summed E-state index contributed by atoms with van der Waals surface area (Å²) in [4.78, 5) is 68.3. The summed E-state index contributed by atoms with van der Waals surface area (Å²) in [5.74, 6) is -1.68. The van der Waals surface area contributed by atoms with Gasteiger partial charge in [0.15, 0.2) is 0 Å². The summed E-state index contributed by atoms with van der Waals surface area (Å²) < 4.78 is 8.27. The largest absolute Gasteiger partial charge is 0.375 e. The molecule has 4 aromatic rings. The number of carbonyl (C=O) groups is 4. The molecule has 4 unspecified atom stereocenters. The van der Waals surface area contributed by atoms with E-state index in [2.05, 4.69) is 66.9 Å². The van der Waals surface area contributed by atoms with Crippen LogP contribution in [0.4, 0.5) is 0 Å². The Morgan fingerprint density at radius 2 is 1.90 bits per heavy atom. The zero-order valence-corrected chi connectivity index (χ0v) is 39.2. The maximum absolute atomic E-state index is 14.6. The number of rotatable bonds is 10. The van der Waals surface area contributed by atoms with E-state index in [1.807, 2.05) is 38.4 Å². The minimum Gasteiger partial charge on any atom is -0.375 e. The summed E-state index contributed by atoms with van der Waals surface area (Å²) in [6.07, 6.45) is 9.18. The highest BCUT2D eigenvalue weighted by atomic mass is 32.1. The average molecular weight is 879 g/mol. The number of ether oxygens (including phenoxy) is 1. The summed E-state index contributed by atoms with van der Waals surface area (Å²) in [7, 11) is 3.38. The highest BCUT2D eigenvalue weighted by Crippen LogP contribution is 2.43. The van der Waals surface area contributed by atoms with Gasteiger partial charge in [0.1, 0.15) is 12.1 Å². The van der Waals surface area contributed by atoms with E-state index < -0.39 is 23.9 Å². The normalized spacial score (nSPS) is 21.5. The van der Waals surface area contributed by atoms with Crippen molar-refractivity contribution in [3.05, 3.63) is 70.8 Å². The standard InChI is InChI=1S/C49H66N8O5S/c1-10-42(58)55-24-20-33(28-55)47(60)54(8)44(30(3)4)46(59)52-38-26-41-51-39(29-63-41)32-18-19-40-36(25-32)37(45(56(40)11-2)35-17-13-22-50-43(35)31(5)62-9)27-49(6,7)21-12-15-34-16-14-23-57(53-34)48(38)61/h10,13,17-19,22,25,29-31,33-34,38,44,53H,1,11-12,14-16,20-21,23-24,26-28H2,2-9H3,(H,52,59)/t31?,33?,34-,38?,44?/m1/s1. The fraction of sp³-hybridized carbons (Fsp3) is 0.551. The van der Waals surface area contributed by atoms with Gasteiger partial charge in [0.25, 0.3) is 5.91 Å². The van der Waals surface area contributed by atoms with Crippen molar-refractivity contribution in [1.82, 2.24) is 40.1 Å². The van der Waals surface area contributed by atoms with Gasteiger partial charge in [0, 0.05) is 86.4 Å². The molecule has 63 heavy (non-hydrogen) atoms. The van der Waals surface area contributed by atoms with E-state index in [1.165, 1.54) is 39.0 Å².